The van der Waals surface area contributed by atoms with Crippen LogP contribution in [-0.2, 0) is 0 Å². The number of hydrogen-bond donors (Lipinski definition) is 1. The van der Waals surface area contributed by atoms with E-state index >= 15 is 0 Å². The number of rotatable bonds is 5. The number of ether oxygens (including phenoxy) is 1. The summed E-state index contributed by atoms with van der Waals surface area (Å²) in [5.41, 5.74) is 5.98. The molecule has 0 aliphatic rings. The zero-order chi connectivity index (χ0) is 21.1. The van der Waals surface area contributed by atoms with Gasteiger partial charge in [0.15, 0.2) is 0 Å². The smallest absolute Gasteiger partial charge is 0.275 e. The second-order valence-corrected chi connectivity index (χ2v) is 6.95. The lowest BCUT2D eigenvalue weighted by Gasteiger charge is -2.09. The number of nitrogens with one attached hydrogen (secondary N) is 1. The van der Waals surface area contributed by atoms with Crippen LogP contribution in [0.5, 0.6) is 5.75 Å². The lowest BCUT2D eigenvalue weighted by molar-refractivity contribution is 0.0952. The van der Waals surface area contributed by atoms with E-state index < -0.39 is 0 Å². The summed E-state index contributed by atoms with van der Waals surface area (Å²) in [6, 6.07) is 19.3. The number of fused-ring (bicyclic) bond motifs is 1. The van der Waals surface area contributed by atoms with Crippen molar-refractivity contribution >= 4 is 22.9 Å². The SMILES string of the molecule is COc1cc2ccccc2cc1C(=O)N/N=C\c1cc(C)n(-c2ccccn2)c1C. The molecule has 2 aromatic heterocycles. The molecule has 6 nitrogen and oxygen atoms in total. The zero-order valence-corrected chi connectivity index (χ0v) is 17.1. The summed E-state index contributed by atoms with van der Waals surface area (Å²) in [5.74, 6) is 1.03. The quantitative estimate of drug-likeness (QED) is 0.400. The maximum absolute atomic E-state index is 12.7. The molecule has 0 aliphatic heterocycles. The van der Waals surface area contributed by atoms with Gasteiger partial charge in [-0.25, -0.2) is 10.4 Å². The normalized spacial score (nSPS) is 11.2. The molecule has 0 saturated heterocycles. The van der Waals surface area contributed by atoms with Gasteiger partial charge >= 0.3 is 0 Å². The number of methoxy groups -OCH3 is 1. The molecule has 0 spiro atoms. The Morgan fingerprint density at radius 2 is 1.80 bits per heavy atom. The molecule has 0 fully saturated rings. The van der Waals surface area contributed by atoms with E-state index in [0.29, 0.717) is 11.3 Å². The average Bonchev–Trinajstić information content (AvgIpc) is 3.06. The van der Waals surface area contributed by atoms with E-state index in [4.69, 9.17) is 4.74 Å². The van der Waals surface area contributed by atoms with Gasteiger partial charge in [-0.05, 0) is 55.0 Å². The number of hydrazone groups is 1. The van der Waals surface area contributed by atoms with Crippen molar-refractivity contribution in [1.29, 1.82) is 0 Å². The third-order valence-corrected chi connectivity index (χ3v) is 5.03. The minimum Gasteiger partial charge on any atom is -0.496 e. The van der Waals surface area contributed by atoms with Gasteiger partial charge in [-0.1, -0.05) is 30.3 Å². The van der Waals surface area contributed by atoms with Gasteiger partial charge in [-0.3, -0.25) is 4.79 Å². The predicted octanol–water partition coefficient (Wildman–Crippen LogP) is 4.41. The first-order chi connectivity index (χ1) is 14.6. The minimum atomic E-state index is -0.326. The van der Waals surface area contributed by atoms with E-state index in [1.807, 2.05) is 74.5 Å². The Balaban J connectivity index is 1.57. The average molecular weight is 398 g/mol. The lowest BCUT2D eigenvalue weighted by Crippen LogP contribution is -2.18. The van der Waals surface area contributed by atoms with Crippen LogP contribution >= 0.6 is 0 Å². The van der Waals surface area contributed by atoms with Crippen LogP contribution in [0, 0.1) is 13.8 Å². The summed E-state index contributed by atoms with van der Waals surface area (Å²) >= 11 is 0. The largest absolute Gasteiger partial charge is 0.496 e. The fourth-order valence-corrected chi connectivity index (χ4v) is 3.54. The fourth-order valence-electron chi connectivity index (χ4n) is 3.54. The van der Waals surface area contributed by atoms with Crippen molar-refractivity contribution in [2.24, 2.45) is 5.10 Å². The molecule has 0 aliphatic carbocycles. The molecule has 4 rings (SSSR count). The highest BCUT2D eigenvalue weighted by Crippen LogP contribution is 2.26. The molecule has 0 atom stereocenters. The van der Waals surface area contributed by atoms with Crippen LogP contribution < -0.4 is 10.2 Å². The van der Waals surface area contributed by atoms with Gasteiger partial charge < -0.3 is 9.30 Å². The summed E-state index contributed by atoms with van der Waals surface area (Å²) in [4.78, 5) is 17.1. The van der Waals surface area contributed by atoms with Crippen molar-refractivity contribution in [2.45, 2.75) is 13.8 Å². The molecule has 2 aromatic carbocycles. The molecular formula is C24H22N4O2. The van der Waals surface area contributed by atoms with Crippen molar-refractivity contribution < 1.29 is 9.53 Å². The van der Waals surface area contributed by atoms with E-state index in [1.54, 1.807) is 19.5 Å². The number of aromatic nitrogens is 2. The van der Waals surface area contributed by atoms with Crippen molar-refractivity contribution in [3.63, 3.8) is 0 Å². The van der Waals surface area contributed by atoms with Crippen LogP contribution in [0.3, 0.4) is 0 Å². The van der Waals surface area contributed by atoms with Crippen LogP contribution in [-0.4, -0.2) is 28.8 Å². The van der Waals surface area contributed by atoms with Gasteiger partial charge in [0.1, 0.15) is 11.6 Å². The predicted molar refractivity (Wildman–Crippen MR) is 119 cm³/mol. The number of carbonyl (C=O) groups excluding carboxylic acids is 1. The van der Waals surface area contributed by atoms with Gasteiger partial charge in [0, 0.05) is 23.1 Å². The second-order valence-electron chi connectivity index (χ2n) is 6.95. The maximum atomic E-state index is 12.7. The van der Waals surface area contributed by atoms with E-state index in [1.165, 1.54) is 0 Å². The van der Waals surface area contributed by atoms with Crippen LogP contribution in [0.4, 0.5) is 0 Å². The summed E-state index contributed by atoms with van der Waals surface area (Å²) < 4.78 is 7.45. The van der Waals surface area contributed by atoms with Gasteiger partial charge in [0.05, 0.1) is 18.9 Å². The molecule has 1 amide bonds. The molecule has 0 saturated carbocycles. The number of carbonyl (C=O) groups is 1. The summed E-state index contributed by atoms with van der Waals surface area (Å²) in [6.07, 6.45) is 3.41. The highest BCUT2D eigenvalue weighted by molar-refractivity contribution is 6.02. The Labute approximate surface area is 174 Å². The molecular weight excluding hydrogens is 376 g/mol. The first-order valence-corrected chi connectivity index (χ1v) is 9.59. The van der Waals surface area contributed by atoms with Crippen molar-refractivity contribution in [2.75, 3.05) is 7.11 Å². The highest BCUT2D eigenvalue weighted by atomic mass is 16.5. The van der Waals surface area contributed by atoms with E-state index in [9.17, 15) is 4.79 Å². The molecule has 30 heavy (non-hydrogen) atoms. The number of aryl methyl sites for hydroxylation is 1. The topological polar surface area (TPSA) is 68.5 Å². The van der Waals surface area contributed by atoms with E-state index in [2.05, 4.69) is 20.1 Å². The summed E-state index contributed by atoms with van der Waals surface area (Å²) in [7, 11) is 1.55. The van der Waals surface area contributed by atoms with Gasteiger partial charge in [-0.2, -0.15) is 5.10 Å². The Hall–Kier alpha value is -3.93. The van der Waals surface area contributed by atoms with Crippen molar-refractivity contribution in [3.8, 4) is 11.6 Å². The number of benzene rings is 2. The molecule has 0 unspecified atom stereocenters. The van der Waals surface area contributed by atoms with Crippen LogP contribution in [0.25, 0.3) is 16.6 Å². The standard InChI is InChI=1S/C24H22N4O2/c1-16-12-20(17(2)28(16)23-10-6-7-11-25-23)15-26-27-24(29)21-13-18-8-4-5-9-19(18)14-22(21)30-3/h4-15H,1-3H3,(H,27,29)/b26-15-. The molecule has 0 radical (unpaired) electrons. The zero-order valence-electron chi connectivity index (χ0n) is 17.1. The van der Waals surface area contributed by atoms with Crippen molar-refractivity contribution in [3.05, 3.63) is 89.4 Å². The summed E-state index contributed by atoms with van der Waals surface area (Å²) in [5, 5.41) is 6.14. The number of hydrogen-bond acceptors (Lipinski definition) is 4. The molecule has 1 N–H and O–H groups in total. The molecule has 150 valence electrons. The fraction of sp³-hybridized carbons (Fsp3) is 0.125. The third-order valence-electron chi connectivity index (χ3n) is 5.03. The molecule has 2 heterocycles. The first-order valence-electron chi connectivity index (χ1n) is 9.59. The number of amides is 1. The van der Waals surface area contributed by atoms with Gasteiger partial charge in [0.25, 0.3) is 5.91 Å². The Morgan fingerprint density at radius 1 is 1.07 bits per heavy atom. The second kappa shape index (κ2) is 8.21. The first kappa shape index (κ1) is 19.4. The number of nitrogens with zero attached hydrogens (tertiary/aromatic N) is 3. The Morgan fingerprint density at radius 3 is 2.50 bits per heavy atom. The Kier molecular flexibility index (Phi) is 5.30. The maximum Gasteiger partial charge on any atom is 0.275 e. The van der Waals surface area contributed by atoms with Gasteiger partial charge in [-0.15, -0.1) is 0 Å². The van der Waals surface area contributed by atoms with Crippen LogP contribution in [0.2, 0.25) is 0 Å². The molecule has 0 bridgehead atoms. The minimum absolute atomic E-state index is 0.326. The highest BCUT2D eigenvalue weighted by Gasteiger charge is 2.14. The lowest BCUT2D eigenvalue weighted by atomic mass is 10.1. The van der Waals surface area contributed by atoms with E-state index in [0.717, 1.165) is 33.5 Å². The van der Waals surface area contributed by atoms with Crippen LogP contribution in [0.15, 0.2) is 72.0 Å². The van der Waals surface area contributed by atoms with Crippen LogP contribution in [0.1, 0.15) is 27.3 Å². The Bertz CT molecular complexity index is 1240. The third kappa shape index (κ3) is 3.67. The summed E-state index contributed by atoms with van der Waals surface area (Å²) in [6.45, 7) is 4.01. The molecule has 6 heteroatoms. The van der Waals surface area contributed by atoms with Gasteiger partial charge in [0.2, 0.25) is 0 Å². The monoisotopic (exact) mass is 398 g/mol. The van der Waals surface area contributed by atoms with Crippen molar-refractivity contribution in [1.82, 2.24) is 15.0 Å². The number of pyridine rings is 1. The molecule has 4 aromatic rings. The van der Waals surface area contributed by atoms with E-state index in [-0.39, 0.29) is 5.91 Å².